The van der Waals surface area contributed by atoms with E-state index in [2.05, 4.69) is 27.0 Å². The molecule has 2 N–H and O–H groups in total. The highest BCUT2D eigenvalue weighted by atomic mass is 79.9. The summed E-state index contributed by atoms with van der Waals surface area (Å²) in [5.74, 6) is 0.475. The van der Waals surface area contributed by atoms with Crippen molar-refractivity contribution < 1.29 is 4.74 Å². The topological polar surface area (TPSA) is 48.1 Å². The van der Waals surface area contributed by atoms with Gasteiger partial charge in [0.1, 0.15) is 0 Å². The molecule has 1 aromatic heterocycles. The average molecular weight is 257 g/mol. The van der Waals surface area contributed by atoms with Crippen LogP contribution in [0.15, 0.2) is 18.3 Å². The summed E-state index contributed by atoms with van der Waals surface area (Å²) >= 11 is 3.35. The van der Waals surface area contributed by atoms with Gasteiger partial charge in [0.15, 0.2) is 0 Å². The maximum Gasteiger partial charge on any atom is 0.236 e. The van der Waals surface area contributed by atoms with Crippen molar-refractivity contribution in [3.63, 3.8) is 0 Å². The molecule has 76 valence electrons. The molecule has 0 aromatic carbocycles. The zero-order valence-corrected chi connectivity index (χ0v) is 9.62. The molecule has 1 aromatic rings. The van der Waals surface area contributed by atoms with Gasteiger partial charge in [0.2, 0.25) is 5.88 Å². The molecule has 0 atom stereocenters. The first-order valence-corrected chi connectivity index (χ1v) is 5.42. The molecular weight excluding hydrogens is 244 g/mol. The molecule has 1 rings (SSSR count). The summed E-state index contributed by atoms with van der Waals surface area (Å²) in [6.45, 7) is 0. The van der Waals surface area contributed by atoms with Crippen molar-refractivity contribution in [1.29, 1.82) is 0 Å². The lowest BCUT2D eigenvalue weighted by Crippen LogP contribution is -1.95. The van der Waals surface area contributed by atoms with E-state index in [9.17, 15) is 0 Å². The predicted molar refractivity (Wildman–Crippen MR) is 62.6 cm³/mol. The summed E-state index contributed by atoms with van der Waals surface area (Å²) in [5.41, 5.74) is 7.26. The maximum atomic E-state index is 5.71. The fraction of sp³-hybridized carbons (Fsp3) is 0.300. The molecule has 0 saturated carbocycles. The zero-order valence-electron chi connectivity index (χ0n) is 8.03. The molecule has 4 heteroatoms. The Morgan fingerprint density at radius 1 is 1.64 bits per heavy atom. The lowest BCUT2D eigenvalue weighted by molar-refractivity contribution is 0.400. The van der Waals surface area contributed by atoms with Gasteiger partial charge in [-0.15, -0.1) is 0 Å². The third-order valence-electron chi connectivity index (χ3n) is 1.68. The van der Waals surface area contributed by atoms with Crippen LogP contribution in [0.5, 0.6) is 5.88 Å². The van der Waals surface area contributed by atoms with Gasteiger partial charge in [-0.05, 0) is 18.1 Å². The molecule has 0 aliphatic heterocycles. The predicted octanol–water partition coefficient (Wildman–Crippen LogP) is 2.47. The van der Waals surface area contributed by atoms with E-state index in [4.69, 9.17) is 10.5 Å². The van der Waals surface area contributed by atoms with Crippen LogP contribution in [0.3, 0.4) is 0 Å². The lowest BCUT2D eigenvalue weighted by Gasteiger charge is -2.02. The minimum atomic E-state index is 0.475. The van der Waals surface area contributed by atoms with Gasteiger partial charge in [-0.2, -0.15) is 0 Å². The summed E-state index contributed by atoms with van der Waals surface area (Å²) in [6, 6.07) is 1.84. The van der Waals surface area contributed by atoms with Crippen molar-refractivity contribution in [2.45, 2.75) is 6.42 Å². The number of allylic oxidation sites excluding steroid dienone is 1. The lowest BCUT2D eigenvalue weighted by atomic mass is 10.2. The zero-order chi connectivity index (χ0) is 10.4. The molecule has 0 aliphatic rings. The van der Waals surface area contributed by atoms with Crippen LogP contribution in [0.1, 0.15) is 12.0 Å². The largest absolute Gasteiger partial charge is 0.480 e. The van der Waals surface area contributed by atoms with Gasteiger partial charge in [0, 0.05) is 11.5 Å². The fourth-order valence-corrected chi connectivity index (χ4v) is 1.29. The number of halogens is 1. The Balaban J connectivity index is 2.76. The Bertz CT molecular complexity index is 326. The molecule has 0 aliphatic carbocycles. The Morgan fingerprint density at radius 3 is 3.00 bits per heavy atom. The molecule has 0 amide bonds. The minimum absolute atomic E-state index is 0.475. The molecule has 0 radical (unpaired) electrons. The van der Waals surface area contributed by atoms with E-state index in [-0.39, 0.29) is 0 Å². The van der Waals surface area contributed by atoms with Gasteiger partial charge in [-0.25, -0.2) is 4.98 Å². The maximum absolute atomic E-state index is 5.71. The van der Waals surface area contributed by atoms with Crippen molar-refractivity contribution in [2.24, 2.45) is 0 Å². The van der Waals surface area contributed by atoms with Crippen LogP contribution in [0.4, 0.5) is 5.69 Å². The second-order valence-electron chi connectivity index (χ2n) is 2.75. The van der Waals surface area contributed by atoms with Crippen LogP contribution in [0.2, 0.25) is 0 Å². The highest BCUT2D eigenvalue weighted by Crippen LogP contribution is 2.18. The summed E-state index contributed by atoms with van der Waals surface area (Å²) in [5, 5.41) is 0.961. The summed E-state index contributed by atoms with van der Waals surface area (Å²) in [4.78, 5) is 4.07. The molecule has 1 heterocycles. The molecule has 14 heavy (non-hydrogen) atoms. The number of rotatable bonds is 4. The SMILES string of the molecule is COc1ncc(C=CCCBr)cc1N. The van der Waals surface area contributed by atoms with E-state index < -0.39 is 0 Å². The highest BCUT2D eigenvalue weighted by Gasteiger charge is 1.99. The van der Waals surface area contributed by atoms with E-state index in [1.54, 1.807) is 13.3 Å². The average Bonchev–Trinajstić information content (AvgIpc) is 2.18. The first-order chi connectivity index (χ1) is 6.77. The highest BCUT2D eigenvalue weighted by molar-refractivity contribution is 9.09. The minimum Gasteiger partial charge on any atom is -0.480 e. The number of methoxy groups -OCH3 is 1. The first kappa shape index (κ1) is 11.0. The van der Waals surface area contributed by atoms with Crippen molar-refractivity contribution >= 4 is 27.7 Å². The number of hydrogen-bond acceptors (Lipinski definition) is 3. The molecule has 0 spiro atoms. The van der Waals surface area contributed by atoms with Gasteiger partial charge >= 0.3 is 0 Å². The first-order valence-electron chi connectivity index (χ1n) is 4.30. The number of hydrogen-bond donors (Lipinski definition) is 1. The van der Waals surface area contributed by atoms with Crippen LogP contribution in [0.25, 0.3) is 6.08 Å². The number of pyridine rings is 1. The van der Waals surface area contributed by atoms with Gasteiger partial charge in [-0.3, -0.25) is 0 Å². The van der Waals surface area contributed by atoms with Crippen molar-refractivity contribution in [3.05, 3.63) is 23.9 Å². The summed E-state index contributed by atoms with van der Waals surface area (Å²) in [6.07, 6.45) is 6.79. The molecule has 3 nitrogen and oxygen atoms in total. The van der Waals surface area contributed by atoms with E-state index in [1.165, 1.54) is 0 Å². The number of nitrogens with two attached hydrogens (primary N) is 1. The van der Waals surface area contributed by atoms with E-state index in [0.29, 0.717) is 11.6 Å². The van der Waals surface area contributed by atoms with Crippen LogP contribution in [-0.4, -0.2) is 17.4 Å². The summed E-state index contributed by atoms with van der Waals surface area (Å²) in [7, 11) is 1.55. The number of aromatic nitrogens is 1. The molecule has 0 saturated heterocycles. The number of nitrogen functional groups attached to an aromatic ring is 1. The molecule has 0 unspecified atom stereocenters. The fourth-order valence-electron chi connectivity index (χ4n) is 1.03. The number of nitrogens with zero attached hydrogens (tertiary/aromatic N) is 1. The van der Waals surface area contributed by atoms with Gasteiger partial charge in [-0.1, -0.05) is 28.1 Å². The second kappa shape index (κ2) is 5.65. The third-order valence-corrected chi connectivity index (χ3v) is 2.14. The Kier molecular flexibility index (Phi) is 4.46. The monoisotopic (exact) mass is 256 g/mol. The van der Waals surface area contributed by atoms with Crippen LogP contribution >= 0.6 is 15.9 Å². The van der Waals surface area contributed by atoms with Crippen molar-refractivity contribution in [2.75, 3.05) is 18.2 Å². The second-order valence-corrected chi connectivity index (χ2v) is 3.54. The van der Waals surface area contributed by atoms with E-state index in [0.717, 1.165) is 17.3 Å². The Hall–Kier alpha value is -1.03. The molecular formula is C10H13BrN2O. The normalized spacial score (nSPS) is 10.7. The van der Waals surface area contributed by atoms with Gasteiger partial charge < -0.3 is 10.5 Å². The Morgan fingerprint density at radius 2 is 2.43 bits per heavy atom. The van der Waals surface area contributed by atoms with Crippen molar-refractivity contribution in [1.82, 2.24) is 4.98 Å². The van der Waals surface area contributed by atoms with E-state index in [1.807, 2.05) is 12.1 Å². The number of anilines is 1. The molecule has 0 fully saturated rings. The standard InChI is InChI=1S/C10H13BrN2O/c1-14-10-9(12)6-8(7-13-10)4-2-3-5-11/h2,4,6-7H,3,5,12H2,1H3. The Labute approximate surface area is 92.1 Å². The number of ether oxygens (including phenoxy) is 1. The summed E-state index contributed by atoms with van der Waals surface area (Å²) < 4.78 is 4.96. The number of alkyl halides is 1. The smallest absolute Gasteiger partial charge is 0.236 e. The quantitative estimate of drug-likeness (QED) is 0.843. The van der Waals surface area contributed by atoms with Gasteiger partial charge in [0.05, 0.1) is 12.8 Å². The van der Waals surface area contributed by atoms with Crippen LogP contribution < -0.4 is 10.5 Å². The van der Waals surface area contributed by atoms with Crippen LogP contribution in [-0.2, 0) is 0 Å². The van der Waals surface area contributed by atoms with Crippen molar-refractivity contribution in [3.8, 4) is 5.88 Å². The molecule has 0 bridgehead atoms. The van der Waals surface area contributed by atoms with E-state index >= 15 is 0 Å². The van der Waals surface area contributed by atoms with Crippen LogP contribution in [0, 0.1) is 0 Å². The third kappa shape index (κ3) is 3.03. The van der Waals surface area contributed by atoms with Gasteiger partial charge in [0.25, 0.3) is 0 Å².